The summed E-state index contributed by atoms with van der Waals surface area (Å²) in [6, 6.07) is 13.7. The Morgan fingerprint density at radius 3 is 2.65 bits per heavy atom. The standard InChI is InChI=1S/C26H23N5O5S/c1-16-3-2-4-18(13-16)25(34)36-19-7-5-17(6-8-19)14-20-23(27)31-26(28-24(20)33)37-21(29-31)15-22(32)30-9-11-35-12-10-30/h2-8,13-15,27,29H,9-12H2,1H3/b20-14-,21-15+,27-23?. The highest BCUT2D eigenvalue weighted by Gasteiger charge is 2.16. The lowest BCUT2D eigenvalue weighted by Crippen LogP contribution is -2.47. The SMILES string of the molecule is Cc1cccc(C(=O)Oc2ccc(/C=c3\c(=O)nc4s/c(=C/C(=O)N5CCOCC5)[nH]n-4c3=N)cc2)c1. The van der Waals surface area contributed by atoms with Crippen LogP contribution in [0.15, 0.2) is 53.3 Å². The molecule has 2 aromatic carbocycles. The number of fused-ring (bicyclic) bond motifs is 1. The number of nitrogens with one attached hydrogen (secondary N) is 2. The fourth-order valence-electron chi connectivity index (χ4n) is 3.83. The van der Waals surface area contributed by atoms with Gasteiger partial charge in [-0.15, -0.1) is 0 Å². The highest BCUT2D eigenvalue weighted by molar-refractivity contribution is 7.11. The molecule has 37 heavy (non-hydrogen) atoms. The topological polar surface area (TPSA) is 130 Å². The minimum absolute atomic E-state index is 0.0836. The number of carbonyl (C=O) groups is 2. The van der Waals surface area contributed by atoms with Crippen molar-refractivity contribution in [2.75, 3.05) is 26.3 Å². The number of hydrogen-bond donors (Lipinski definition) is 2. The number of aromatic amines is 1. The molecule has 1 fully saturated rings. The Bertz CT molecular complexity index is 1680. The van der Waals surface area contributed by atoms with Gasteiger partial charge in [-0.25, -0.2) is 9.48 Å². The van der Waals surface area contributed by atoms with Crippen LogP contribution in [0.2, 0.25) is 0 Å². The molecule has 0 aliphatic carbocycles. The third-order valence-corrected chi connectivity index (χ3v) is 6.64. The Morgan fingerprint density at radius 2 is 1.92 bits per heavy atom. The zero-order valence-electron chi connectivity index (χ0n) is 19.9. The number of aromatic nitrogens is 3. The van der Waals surface area contributed by atoms with E-state index in [1.54, 1.807) is 53.4 Å². The summed E-state index contributed by atoms with van der Waals surface area (Å²) in [7, 11) is 0. The second kappa shape index (κ2) is 10.3. The predicted octanol–water partition coefficient (Wildman–Crippen LogP) is 0.535. The van der Waals surface area contributed by atoms with Crippen LogP contribution in [0.3, 0.4) is 0 Å². The molecule has 0 bridgehead atoms. The van der Waals surface area contributed by atoms with Gasteiger partial charge in [0.05, 0.1) is 24.0 Å². The first-order chi connectivity index (χ1) is 17.9. The molecule has 0 radical (unpaired) electrons. The van der Waals surface area contributed by atoms with Crippen LogP contribution in [0, 0.1) is 12.3 Å². The van der Waals surface area contributed by atoms with E-state index < -0.39 is 11.5 Å². The van der Waals surface area contributed by atoms with E-state index in [9.17, 15) is 14.4 Å². The summed E-state index contributed by atoms with van der Waals surface area (Å²) in [5.74, 6) is -0.277. The molecular weight excluding hydrogens is 494 g/mol. The van der Waals surface area contributed by atoms with Gasteiger partial charge in [-0.1, -0.05) is 41.2 Å². The molecule has 0 spiro atoms. The molecule has 0 aromatic heterocycles. The van der Waals surface area contributed by atoms with Gasteiger partial charge in [0.1, 0.15) is 10.4 Å². The van der Waals surface area contributed by atoms with Crippen molar-refractivity contribution in [1.29, 1.82) is 5.41 Å². The molecule has 0 atom stereocenters. The van der Waals surface area contributed by atoms with E-state index in [-0.39, 0.29) is 21.7 Å². The van der Waals surface area contributed by atoms with Crippen molar-refractivity contribution in [3.8, 4) is 10.9 Å². The first-order valence-corrected chi connectivity index (χ1v) is 12.3. The first kappa shape index (κ1) is 24.3. The van der Waals surface area contributed by atoms with Crippen LogP contribution in [0.1, 0.15) is 21.5 Å². The van der Waals surface area contributed by atoms with Crippen LogP contribution >= 0.6 is 11.3 Å². The summed E-state index contributed by atoms with van der Waals surface area (Å²) in [5, 5.41) is 11.9. The molecule has 11 heteroatoms. The molecule has 3 aliphatic rings. The van der Waals surface area contributed by atoms with Gasteiger partial charge < -0.3 is 14.4 Å². The van der Waals surface area contributed by atoms with E-state index in [1.165, 1.54) is 10.8 Å². The maximum atomic E-state index is 12.7. The van der Waals surface area contributed by atoms with Crippen LogP contribution in [0.25, 0.3) is 17.3 Å². The summed E-state index contributed by atoms with van der Waals surface area (Å²) in [4.78, 5) is 43.3. The second-order valence-corrected chi connectivity index (χ2v) is 9.44. The fourth-order valence-corrected chi connectivity index (χ4v) is 4.68. The molecule has 2 aromatic rings. The van der Waals surface area contributed by atoms with E-state index >= 15 is 0 Å². The number of amides is 1. The number of nitrogens with zero attached hydrogens (tertiary/aromatic N) is 3. The van der Waals surface area contributed by atoms with E-state index in [0.717, 1.165) is 16.9 Å². The van der Waals surface area contributed by atoms with E-state index in [0.29, 0.717) is 47.8 Å². The van der Waals surface area contributed by atoms with Gasteiger partial charge in [-0.3, -0.25) is 20.1 Å². The van der Waals surface area contributed by atoms with Crippen molar-refractivity contribution in [2.45, 2.75) is 6.92 Å². The summed E-state index contributed by atoms with van der Waals surface area (Å²) >= 11 is 1.12. The van der Waals surface area contributed by atoms with Crippen molar-refractivity contribution < 1.29 is 19.1 Å². The Hall–Kier alpha value is -4.35. The van der Waals surface area contributed by atoms with Crippen molar-refractivity contribution in [3.05, 3.63) is 90.9 Å². The number of H-pyrrole nitrogens is 1. The van der Waals surface area contributed by atoms with Crippen molar-refractivity contribution in [1.82, 2.24) is 19.7 Å². The zero-order chi connectivity index (χ0) is 25.9. The van der Waals surface area contributed by atoms with E-state index in [4.69, 9.17) is 14.9 Å². The van der Waals surface area contributed by atoms with Gasteiger partial charge >= 0.3 is 5.97 Å². The number of rotatable bonds is 4. The lowest BCUT2D eigenvalue weighted by atomic mass is 10.1. The van der Waals surface area contributed by atoms with Crippen molar-refractivity contribution >= 4 is 35.4 Å². The lowest BCUT2D eigenvalue weighted by Gasteiger charge is -2.25. The van der Waals surface area contributed by atoms with Crippen LogP contribution in [0.4, 0.5) is 0 Å². The first-order valence-electron chi connectivity index (χ1n) is 11.5. The molecule has 5 rings (SSSR count). The highest BCUT2D eigenvalue weighted by atomic mass is 32.1. The minimum atomic E-state index is -0.554. The van der Waals surface area contributed by atoms with Gasteiger partial charge in [0.15, 0.2) is 5.49 Å². The lowest BCUT2D eigenvalue weighted by molar-refractivity contribution is -0.128. The van der Waals surface area contributed by atoms with Crippen molar-refractivity contribution in [3.63, 3.8) is 0 Å². The van der Waals surface area contributed by atoms with Crippen LogP contribution in [0.5, 0.6) is 5.75 Å². The molecule has 1 amide bonds. The molecule has 3 heterocycles. The Kier molecular flexibility index (Phi) is 6.80. The smallest absolute Gasteiger partial charge is 0.343 e. The number of morpholine rings is 1. The monoisotopic (exact) mass is 517 g/mol. The molecule has 1 saturated heterocycles. The Labute approximate surface area is 214 Å². The molecule has 2 N–H and O–H groups in total. The average Bonchev–Trinajstić information content (AvgIpc) is 3.30. The third-order valence-electron chi connectivity index (χ3n) is 5.75. The van der Waals surface area contributed by atoms with Gasteiger partial charge in [-0.2, -0.15) is 4.98 Å². The maximum Gasteiger partial charge on any atom is 0.343 e. The van der Waals surface area contributed by atoms with Gasteiger partial charge in [0.25, 0.3) is 5.56 Å². The normalized spacial score (nSPS) is 14.8. The Morgan fingerprint density at radius 1 is 1.16 bits per heavy atom. The molecule has 0 saturated carbocycles. The van der Waals surface area contributed by atoms with Gasteiger partial charge in [0.2, 0.25) is 11.0 Å². The molecule has 188 valence electrons. The molecule has 10 nitrogen and oxygen atoms in total. The number of ether oxygens (including phenoxy) is 2. The highest BCUT2D eigenvalue weighted by Crippen LogP contribution is 2.15. The van der Waals surface area contributed by atoms with Gasteiger partial charge in [0, 0.05) is 19.2 Å². The van der Waals surface area contributed by atoms with Crippen LogP contribution in [-0.2, 0) is 9.53 Å². The molecule has 3 aliphatic heterocycles. The zero-order valence-corrected chi connectivity index (χ0v) is 20.7. The average molecular weight is 518 g/mol. The third kappa shape index (κ3) is 5.42. The summed E-state index contributed by atoms with van der Waals surface area (Å²) in [6.07, 6.45) is 2.98. The van der Waals surface area contributed by atoms with Crippen molar-refractivity contribution in [2.24, 2.45) is 0 Å². The summed E-state index contributed by atoms with van der Waals surface area (Å²) < 4.78 is 12.6. The number of carbonyl (C=O) groups excluding carboxylic acids is 2. The summed E-state index contributed by atoms with van der Waals surface area (Å²) in [5.41, 5.74) is 1.41. The van der Waals surface area contributed by atoms with Crippen LogP contribution < -0.4 is 25.7 Å². The molecular formula is C26H23N5O5S. The Balaban J connectivity index is 1.40. The second-order valence-electron chi connectivity index (χ2n) is 8.43. The summed E-state index contributed by atoms with van der Waals surface area (Å²) in [6.45, 7) is 3.93. The van der Waals surface area contributed by atoms with Crippen LogP contribution in [-0.4, -0.2) is 57.8 Å². The van der Waals surface area contributed by atoms with E-state index in [1.807, 2.05) is 13.0 Å². The predicted molar refractivity (Wildman–Crippen MR) is 136 cm³/mol. The number of esters is 1. The number of benzene rings is 2. The van der Waals surface area contributed by atoms with E-state index in [2.05, 4.69) is 10.1 Å². The molecule has 0 unspecified atom stereocenters. The largest absolute Gasteiger partial charge is 0.423 e. The van der Waals surface area contributed by atoms with Gasteiger partial charge in [-0.05, 0) is 42.8 Å². The maximum absolute atomic E-state index is 12.7. The quantitative estimate of drug-likeness (QED) is 0.300. The minimum Gasteiger partial charge on any atom is -0.423 e. The number of hydrogen-bond acceptors (Lipinski definition) is 8. The fraction of sp³-hybridized carbons (Fsp3) is 0.192. The number of aryl methyl sites for hydroxylation is 1.